The van der Waals surface area contributed by atoms with E-state index in [-0.39, 0.29) is 30.1 Å². The molecule has 4 aromatic rings. The van der Waals surface area contributed by atoms with Crippen molar-refractivity contribution in [2.75, 3.05) is 10.6 Å². The van der Waals surface area contributed by atoms with Gasteiger partial charge in [0.15, 0.2) is 5.78 Å². The van der Waals surface area contributed by atoms with E-state index in [9.17, 15) is 14.4 Å². The molecule has 0 saturated carbocycles. The number of carbonyl (C=O) groups is 2. The van der Waals surface area contributed by atoms with Gasteiger partial charge in [0.1, 0.15) is 0 Å². The van der Waals surface area contributed by atoms with Gasteiger partial charge in [-0.25, -0.2) is 9.97 Å². The number of carbonyl (C=O) groups excluding carboxylic acids is 2. The molecule has 0 aliphatic heterocycles. The number of ketones is 1. The third-order valence-corrected chi connectivity index (χ3v) is 5.27. The molecular weight excluding hydrogens is 430 g/mol. The maximum Gasteiger partial charge on any atom is 0.256 e. The van der Waals surface area contributed by atoms with Gasteiger partial charge in [0.25, 0.3) is 5.56 Å². The molecule has 2 aromatic carbocycles. The van der Waals surface area contributed by atoms with Crippen LogP contribution in [0.2, 0.25) is 0 Å². The number of aryl methyl sites for hydroxylation is 1. The number of nitrogens with one attached hydrogen (secondary N) is 3. The summed E-state index contributed by atoms with van der Waals surface area (Å²) in [5.41, 5.74) is 4.19. The number of hydrogen-bond acceptors (Lipinski definition) is 6. The quantitative estimate of drug-likeness (QED) is 0.338. The number of rotatable bonds is 8. The van der Waals surface area contributed by atoms with Crippen molar-refractivity contribution < 1.29 is 9.59 Å². The molecule has 3 N–H and O–H groups in total. The van der Waals surface area contributed by atoms with Crippen LogP contribution in [0.3, 0.4) is 0 Å². The molecule has 8 heteroatoms. The van der Waals surface area contributed by atoms with E-state index in [0.29, 0.717) is 22.9 Å². The minimum Gasteiger partial charge on any atom is -0.329 e. The number of benzene rings is 2. The first kappa shape index (κ1) is 22.6. The van der Waals surface area contributed by atoms with Crippen molar-refractivity contribution in [3.63, 3.8) is 0 Å². The van der Waals surface area contributed by atoms with Gasteiger partial charge in [0.05, 0.1) is 5.52 Å². The maximum absolute atomic E-state index is 12.3. The SMILES string of the molecule is C=CC(=O)CCC(=O)Nc1cccc(Nc2ncc3cc(-c4c(C)cc[nH]c4=O)ccc3n2)c1. The second kappa shape index (κ2) is 9.91. The number of anilines is 3. The molecule has 0 saturated heterocycles. The van der Waals surface area contributed by atoms with Gasteiger partial charge in [-0.2, -0.15) is 0 Å². The number of allylic oxidation sites excluding steroid dienone is 1. The fourth-order valence-corrected chi connectivity index (χ4v) is 3.55. The molecule has 0 unspecified atom stereocenters. The zero-order valence-electron chi connectivity index (χ0n) is 18.6. The summed E-state index contributed by atoms with van der Waals surface area (Å²) in [6.07, 6.45) is 4.76. The Morgan fingerprint density at radius 2 is 1.91 bits per heavy atom. The highest BCUT2D eigenvalue weighted by molar-refractivity contribution is 5.96. The lowest BCUT2D eigenvalue weighted by molar-refractivity contribution is -0.120. The number of aromatic nitrogens is 3. The molecule has 0 radical (unpaired) electrons. The zero-order valence-corrected chi connectivity index (χ0v) is 18.6. The van der Waals surface area contributed by atoms with Gasteiger partial charge in [-0.15, -0.1) is 0 Å². The predicted molar refractivity (Wildman–Crippen MR) is 133 cm³/mol. The smallest absolute Gasteiger partial charge is 0.256 e. The Morgan fingerprint density at radius 3 is 2.71 bits per heavy atom. The lowest BCUT2D eigenvalue weighted by Gasteiger charge is -2.10. The predicted octanol–water partition coefficient (Wildman–Crippen LogP) is 4.51. The second-order valence-electron chi connectivity index (χ2n) is 7.76. The highest BCUT2D eigenvalue weighted by Crippen LogP contribution is 2.25. The van der Waals surface area contributed by atoms with Crippen LogP contribution < -0.4 is 16.2 Å². The Balaban J connectivity index is 1.50. The Kier molecular flexibility index (Phi) is 6.59. The van der Waals surface area contributed by atoms with Crippen LogP contribution in [0.5, 0.6) is 0 Å². The van der Waals surface area contributed by atoms with Crippen LogP contribution in [0.25, 0.3) is 22.0 Å². The van der Waals surface area contributed by atoms with Crippen molar-refractivity contribution in [1.82, 2.24) is 15.0 Å². The molecule has 0 fully saturated rings. The number of aromatic amines is 1. The third kappa shape index (κ3) is 5.24. The Hall–Kier alpha value is -4.59. The van der Waals surface area contributed by atoms with E-state index in [4.69, 9.17) is 0 Å². The van der Waals surface area contributed by atoms with Crippen molar-refractivity contribution in [2.24, 2.45) is 0 Å². The summed E-state index contributed by atoms with van der Waals surface area (Å²) in [6, 6.07) is 14.6. The summed E-state index contributed by atoms with van der Waals surface area (Å²) in [7, 11) is 0. The van der Waals surface area contributed by atoms with Crippen molar-refractivity contribution in [1.29, 1.82) is 0 Å². The Labute approximate surface area is 195 Å². The molecule has 2 heterocycles. The molecule has 0 bridgehead atoms. The van der Waals surface area contributed by atoms with Crippen molar-refractivity contribution in [3.05, 3.63) is 89.5 Å². The van der Waals surface area contributed by atoms with Crippen molar-refractivity contribution in [2.45, 2.75) is 19.8 Å². The molecule has 170 valence electrons. The molecule has 8 nitrogen and oxygen atoms in total. The van der Waals surface area contributed by atoms with Crippen LogP contribution in [0.4, 0.5) is 17.3 Å². The van der Waals surface area contributed by atoms with E-state index in [2.05, 4.69) is 32.2 Å². The van der Waals surface area contributed by atoms with E-state index >= 15 is 0 Å². The van der Waals surface area contributed by atoms with Gasteiger partial charge in [0.2, 0.25) is 11.9 Å². The second-order valence-corrected chi connectivity index (χ2v) is 7.76. The van der Waals surface area contributed by atoms with E-state index in [1.54, 1.807) is 30.6 Å². The lowest BCUT2D eigenvalue weighted by atomic mass is 10.0. The Bertz CT molecular complexity index is 1460. The van der Waals surface area contributed by atoms with E-state index in [0.717, 1.165) is 22.0 Å². The maximum atomic E-state index is 12.3. The standard InChI is InChI=1S/C26H23N5O3/c1-3-21(32)8-10-23(33)29-19-5-4-6-20(14-19)30-26-28-15-18-13-17(7-9-22(18)31-26)24-16(2)11-12-27-25(24)34/h3-7,9,11-15H,1,8,10H2,2H3,(H,27,34)(H,29,33)(H,28,30,31). The molecule has 1 amide bonds. The number of fused-ring (bicyclic) bond motifs is 1. The van der Waals surface area contributed by atoms with Crippen LogP contribution in [-0.4, -0.2) is 26.6 Å². The van der Waals surface area contributed by atoms with Gasteiger partial charge in [-0.05, 0) is 60.5 Å². The molecule has 0 atom stereocenters. The van der Waals surface area contributed by atoms with E-state index in [1.807, 2.05) is 37.3 Å². The first-order valence-electron chi connectivity index (χ1n) is 10.7. The molecule has 34 heavy (non-hydrogen) atoms. The van der Waals surface area contributed by atoms with Crippen molar-refractivity contribution >= 4 is 39.9 Å². The first-order valence-corrected chi connectivity index (χ1v) is 10.7. The normalized spacial score (nSPS) is 10.6. The summed E-state index contributed by atoms with van der Waals surface area (Å²) in [5, 5.41) is 6.72. The number of nitrogens with zero attached hydrogens (tertiary/aromatic N) is 2. The molecule has 2 aromatic heterocycles. The Morgan fingerprint density at radius 1 is 1.09 bits per heavy atom. The van der Waals surface area contributed by atoms with Crippen LogP contribution in [0, 0.1) is 6.92 Å². The number of hydrogen-bond donors (Lipinski definition) is 3. The fraction of sp³-hybridized carbons (Fsp3) is 0.115. The lowest BCUT2D eigenvalue weighted by Crippen LogP contribution is -2.12. The van der Waals surface area contributed by atoms with Gasteiger partial charge in [-0.3, -0.25) is 14.4 Å². The summed E-state index contributed by atoms with van der Waals surface area (Å²) in [5.74, 6) is -0.0245. The van der Waals surface area contributed by atoms with E-state index < -0.39 is 0 Å². The van der Waals surface area contributed by atoms with Gasteiger partial charge in [-0.1, -0.05) is 18.7 Å². The van der Waals surface area contributed by atoms with Crippen LogP contribution in [-0.2, 0) is 9.59 Å². The van der Waals surface area contributed by atoms with Crippen LogP contribution in [0.1, 0.15) is 18.4 Å². The molecule has 0 spiro atoms. The molecular formula is C26H23N5O3. The first-order chi connectivity index (χ1) is 16.4. The van der Waals surface area contributed by atoms with Gasteiger partial charge >= 0.3 is 0 Å². The van der Waals surface area contributed by atoms with E-state index in [1.165, 1.54) is 6.08 Å². The summed E-state index contributed by atoms with van der Waals surface area (Å²) >= 11 is 0. The topological polar surface area (TPSA) is 117 Å². The molecule has 0 aliphatic carbocycles. The molecule has 0 aliphatic rings. The number of pyridine rings is 1. The highest BCUT2D eigenvalue weighted by Gasteiger charge is 2.10. The van der Waals surface area contributed by atoms with Gasteiger partial charge in [0, 0.05) is 47.6 Å². The summed E-state index contributed by atoms with van der Waals surface area (Å²) < 4.78 is 0. The summed E-state index contributed by atoms with van der Waals surface area (Å²) in [4.78, 5) is 47.3. The highest BCUT2D eigenvalue weighted by atomic mass is 16.2. The zero-order chi connectivity index (χ0) is 24.1. The van der Waals surface area contributed by atoms with Crippen LogP contribution >= 0.6 is 0 Å². The van der Waals surface area contributed by atoms with Gasteiger partial charge < -0.3 is 15.6 Å². The minimum atomic E-state index is -0.252. The fourth-order valence-electron chi connectivity index (χ4n) is 3.55. The van der Waals surface area contributed by atoms with Crippen LogP contribution in [0.15, 0.2) is 78.4 Å². The molecule has 4 rings (SSSR count). The average Bonchev–Trinajstić information content (AvgIpc) is 2.82. The number of amides is 1. The third-order valence-electron chi connectivity index (χ3n) is 5.27. The van der Waals surface area contributed by atoms with Crippen molar-refractivity contribution in [3.8, 4) is 11.1 Å². The monoisotopic (exact) mass is 453 g/mol. The number of H-pyrrole nitrogens is 1. The summed E-state index contributed by atoms with van der Waals surface area (Å²) in [6.45, 7) is 5.30. The largest absolute Gasteiger partial charge is 0.329 e. The minimum absolute atomic E-state index is 0.0899. The average molecular weight is 454 g/mol.